The van der Waals surface area contributed by atoms with Gasteiger partial charge in [-0.2, -0.15) is 5.10 Å². The Balaban J connectivity index is 1.41. The first-order valence-electron chi connectivity index (χ1n) is 10.6. The summed E-state index contributed by atoms with van der Waals surface area (Å²) >= 11 is 0. The summed E-state index contributed by atoms with van der Waals surface area (Å²) in [6, 6.07) is 10.8. The number of likely N-dealkylation sites (N-methyl/N-ethyl adjacent to an activating group) is 1. The third-order valence-electron chi connectivity index (χ3n) is 5.47. The lowest BCUT2D eigenvalue weighted by atomic mass is 10.1. The van der Waals surface area contributed by atoms with Crippen LogP contribution < -0.4 is 15.4 Å². The number of nitrogens with zero attached hydrogens (tertiary/aromatic N) is 4. The number of hydrogen-bond donors (Lipinski definition) is 2. The van der Waals surface area contributed by atoms with E-state index in [1.807, 2.05) is 29.9 Å². The minimum absolute atomic E-state index is 0.600. The van der Waals surface area contributed by atoms with Crippen LogP contribution in [0.3, 0.4) is 0 Å². The summed E-state index contributed by atoms with van der Waals surface area (Å²) in [6.45, 7) is 4.66. The van der Waals surface area contributed by atoms with Crippen molar-refractivity contribution in [1.29, 1.82) is 0 Å². The zero-order valence-electron chi connectivity index (χ0n) is 18.3. The summed E-state index contributed by atoms with van der Waals surface area (Å²) in [5.41, 5.74) is 2.24. The van der Waals surface area contributed by atoms with Gasteiger partial charge in [-0.25, -0.2) is 0 Å². The number of rotatable bonds is 9. The molecule has 0 radical (unpaired) electrons. The maximum atomic E-state index is 5.99. The second-order valence-electron chi connectivity index (χ2n) is 7.55. The summed E-state index contributed by atoms with van der Waals surface area (Å²) in [5, 5.41) is 10.8. The van der Waals surface area contributed by atoms with Crippen molar-refractivity contribution in [2.75, 3.05) is 40.5 Å². The van der Waals surface area contributed by atoms with Crippen LogP contribution in [0.4, 0.5) is 0 Å². The first-order chi connectivity index (χ1) is 14.7. The molecular formula is C22H34N6O2. The maximum absolute atomic E-state index is 5.99. The number of aliphatic imine (C=N–C) groups is 1. The number of ether oxygens (including phenoxy) is 2. The highest BCUT2D eigenvalue weighted by atomic mass is 16.5. The van der Waals surface area contributed by atoms with Gasteiger partial charge in [0, 0.05) is 52.6 Å². The van der Waals surface area contributed by atoms with Gasteiger partial charge in [-0.05, 0) is 43.7 Å². The molecule has 1 saturated heterocycles. The molecule has 1 aromatic carbocycles. The van der Waals surface area contributed by atoms with E-state index in [-0.39, 0.29) is 0 Å². The van der Waals surface area contributed by atoms with Crippen molar-refractivity contribution in [3.8, 4) is 5.75 Å². The molecule has 2 N–H and O–H groups in total. The van der Waals surface area contributed by atoms with Crippen molar-refractivity contribution < 1.29 is 9.47 Å². The number of aryl methyl sites for hydroxylation is 1. The SMILES string of the molecule is CN=C(NCc1cccc(OCCN(C)C2CCOCC2)c1)NCc1ccnn1C. The van der Waals surface area contributed by atoms with Gasteiger partial charge >= 0.3 is 0 Å². The van der Waals surface area contributed by atoms with Crippen LogP contribution in [-0.4, -0.2) is 67.1 Å². The van der Waals surface area contributed by atoms with Gasteiger partial charge in [0.05, 0.1) is 12.2 Å². The molecule has 8 heteroatoms. The molecule has 1 fully saturated rings. The molecule has 0 unspecified atom stereocenters. The molecule has 30 heavy (non-hydrogen) atoms. The van der Waals surface area contributed by atoms with Crippen molar-refractivity contribution in [2.45, 2.75) is 32.0 Å². The highest BCUT2D eigenvalue weighted by Gasteiger charge is 2.17. The van der Waals surface area contributed by atoms with E-state index in [1.165, 1.54) is 0 Å². The van der Waals surface area contributed by atoms with Gasteiger partial charge in [-0.3, -0.25) is 14.6 Å². The predicted octanol–water partition coefficient (Wildman–Crippen LogP) is 1.77. The fourth-order valence-electron chi connectivity index (χ4n) is 3.52. The molecular weight excluding hydrogens is 380 g/mol. The molecule has 2 aromatic rings. The summed E-state index contributed by atoms with van der Waals surface area (Å²) < 4.78 is 13.3. The fourth-order valence-corrected chi connectivity index (χ4v) is 3.52. The highest BCUT2D eigenvalue weighted by molar-refractivity contribution is 5.79. The maximum Gasteiger partial charge on any atom is 0.191 e. The minimum Gasteiger partial charge on any atom is -0.492 e. The molecule has 0 saturated carbocycles. The molecule has 8 nitrogen and oxygen atoms in total. The second kappa shape index (κ2) is 11.6. The van der Waals surface area contributed by atoms with Crippen LogP contribution in [0.1, 0.15) is 24.1 Å². The molecule has 0 amide bonds. The molecule has 0 aliphatic carbocycles. The lowest BCUT2D eigenvalue weighted by Crippen LogP contribution is -2.38. The Bertz CT molecular complexity index is 800. The van der Waals surface area contributed by atoms with Crippen LogP contribution in [0.25, 0.3) is 0 Å². The van der Waals surface area contributed by atoms with Gasteiger partial charge in [-0.1, -0.05) is 12.1 Å². The molecule has 3 rings (SSSR count). The minimum atomic E-state index is 0.600. The molecule has 2 heterocycles. The monoisotopic (exact) mass is 414 g/mol. The number of benzene rings is 1. The van der Waals surface area contributed by atoms with E-state index in [1.54, 1.807) is 13.2 Å². The largest absolute Gasteiger partial charge is 0.492 e. The van der Waals surface area contributed by atoms with Gasteiger partial charge in [0.2, 0.25) is 0 Å². The topological polar surface area (TPSA) is 75.9 Å². The van der Waals surface area contributed by atoms with Crippen molar-refractivity contribution in [3.63, 3.8) is 0 Å². The molecule has 1 aliphatic heterocycles. The first kappa shape index (κ1) is 22.1. The third kappa shape index (κ3) is 6.74. The third-order valence-corrected chi connectivity index (χ3v) is 5.47. The average molecular weight is 415 g/mol. The predicted molar refractivity (Wildman–Crippen MR) is 119 cm³/mol. The number of nitrogens with one attached hydrogen (secondary N) is 2. The second-order valence-corrected chi connectivity index (χ2v) is 7.55. The normalized spacial score (nSPS) is 15.4. The van der Waals surface area contributed by atoms with Gasteiger partial charge in [0.15, 0.2) is 5.96 Å². The highest BCUT2D eigenvalue weighted by Crippen LogP contribution is 2.15. The summed E-state index contributed by atoms with van der Waals surface area (Å²) in [5.74, 6) is 1.65. The van der Waals surface area contributed by atoms with Crippen LogP contribution in [0.2, 0.25) is 0 Å². The van der Waals surface area contributed by atoms with E-state index in [9.17, 15) is 0 Å². The van der Waals surface area contributed by atoms with E-state index in [0.29, 0.717) is 25.7 Å². The van der Waals surface area contributed by atoms with Crippen LogP contribution in [0.15, 0.2) is 41.5 Å². The summed E-state index contributed by atoms with van der Waals surface area (Å²) in [6.07, 6.45) is 4.00. The molecule has 1 aromatic heterocycles. The van der Waals surface area contributed by atoms with Gasteiger partial charge in [0.1, 0.15) is 12.4 Å². The quantitative estimate of drug-likeness (QED) is 0.481. The van der Waals surface area contributed by atoms with Crippen molar-refractivity contribution in [2.24, 2.45) is 12.0 Å². The van der Waals surface area contributed by atoms with E-state index < -0.39 is 0 Å². The van der Waals surface area contributed by atoms with E-state index >= 15 is 0 Å². The number of hydrogen-bond acceptors (Lipinski definition) is 5. The van der Waals surface area contributed by atoms with Gasteiger partial charge < -0.3 is 20.1 Å². The van der Waals surface area contributed by atoms with Gasteiger partial charge in [0.25, 0.3) is 0 Å². The Hall–Kier alpha value is -2.58. The Morgan fingerprint density at radius 1 is 1.27 bits per heavy atom. The smallest absolute Gasteiger partial charge is 0.191 e. The molecule has 0 atom stereocenters. The van der Waals surface area contributed by atoms with Crippen LogP contribution in [-0.2, 0) is 24.9 Å². The Labute approximate surface area is 179 Å². The van der Waals surface area contributed by atoms with Crippen molar-refractivity contribution in [1.82, 2.24) is 25.3 Å². The van der Waals surface area contributed by atoms with E-state index in [4.69, 9.17) is 9.47 Å². The molecule has 0 spiro atoms. The Morgan fingerprint density at radius 3 is 2.80 bits per heavy atom. The molecule has 0 bridgehead atoms. The fraction of sp³-hybridized carbons (Fsp3) is 0.545. The number of aromatic nitrogens is 2. The van der Waals surface area contributed by atoms with Crippen LogP contribution >= 0.6 is 0 Å². The molecule has 164 valence electrons. The Morgan fingerprint density at radius 2 is 2.07 bits per heavy atom. The van der Waals surface area contributed by atoms with Crippen LogP contribution in [0, 0.1) is 0 Å². The van der Waals surface area contributed by atoms with E-state index in [0.717, 1.165) is 55.6 Å². The standard InChI is InChI=1S/C22H34N6O2/c1-23-22(25-17-20-7-10-26-28(20)3)24-16-18-5-4-6-21(15-18)30-14-11-27(2)19-8-12-29-13-9-19/h4-7,10,15,19H,8-9,11-14,16-17H2,1-3H3,(H2,23,24,25). The lowest BCUT2D eigenvalue weighted by Gasteiger charge is -2.31. The van der Waals surface area contributed by atoms with Crippen molar-refractivity contribution in [3.05, 3.63) is 47.8 Å². The zero-order chi connectivity index (χ0) is 21.2. The number of guanidine groups is 1. The summed E-state index contributed by atoms with van der Waals surface area (Å²) in [7, 11) is 5.87. The lowest BCUT2D eigenvalue weighted by molar-refractivity contribution is 0.0392. The Kier molecular flexibility index (Phi) is 8.53. The van der Waals surface area contributed by atoms with Gasteiger partial charge in [-0.15, -0.1) is 0 Å². The average Bonchev–Trinajstić information content (AvgIpc) is 3.19. The molecule has 1 aliphatic rings. The van der Waals surface area contributed by atoms with Crippen LogP contribution in [0.5, 0.6) is 5.75 Å². The summed E-state index contributed by atoms with van der Waals surface area (Å²) in [4.78, 5) is 6.67. The zero-order valence-corrected chi connectivity index (χ0v) is 18.3. The van der Waals surface area contributed by atoms with E-state index in [2.05, 4.69) is 44.8 Å². The van der Waals surface area contributed by atoms with Crippen molar-refractivity contribution >= 4 is 5.96 Å². The first-order valence-corrected chi connectivity index (χ1v) is 10.6.